The number of epoxide rings is 1. The van der Waals surface area contributed by atoms with Gasteiger partial charge >= 0.3 is 12.1 Å². The molecule has 7 nitrogen and oxygen atoms in total. The van der Waals surface area contributed by atoms with Crippen LogP contribution in [0.5, 0.6) is 0 Å². The maximum atomic E-state index is 13.6. The molecule has 1 aliphatic heterocycles. The second-order valence-corrected chi connectivity index (χ2v) is 9.30. The number of hydrogen-bond donors (Lipinski definition) is 1. The number of aliphatic carboxylic acids is 1. The number of benzene rings is 1. The molecule has 1 aliphatic rings. The third-order valence-electron chi connectivity index (χ3n) is 4.90. The van der Waals surface area contributed by atoms with E-state index in [1.54, 1.807) is 6.92 Å². The molecule has 1 atom stereocenters. The maximum Gasteiger partial charge on any atom is 0.416 e. The van der Waals surface area contributed by atoms with Crippen molar-refractivity contribution in [1.82, 2.24) is 9.29 Å². The van der Waals surface area contributed by atoms with Crippen molar-refractivity contribution in [2.24, 2.45) is 0 Å². The molecule has 1 N–H and O–H groups in total. The zero-order valence-electron chi connectivity index (χ0n) is 17.3. The zero-order valence-corrected chi connectivity index (χ0v) is 18.1. The molecule has 2 aromatic rings. The van der Waals surface area contributed by atoms with Gasteiger partial charge in [0.25, 0.3) is 0 Å². The Morgan fingerprint density at radius 2 is 2.03 bits per heavy atom. The van der Waals surface area contributed by atoms with Crippen LogP contribution in [0.3, 0.4) is 0 Å². The van der Waals surface area contributed by atoms with Crippen LogP contribution in [0.25, 0.3) is 17.3 Å². The highest BCUT2D eigenvalue weighted by Gasteiger charge is 2.35. The van der Waals surface area contributed by atoms with E-state index in [0.717, 1.165) is 16.4 Å². The van der Waals surface area contributed by atoms with Crippen molar-refractivity contribution in [2.75, 3.05) is 20.2 Å². The van der Waals surface area contributed by atoms with Crippen LogP contribution < -0.4 is 0 Å². The summed E-state index contributed by atoms with van der Waals surface area (Å²) in [6, 6.07) is 5.51. The second-order valence-electron chi connectivity index (χ2n) is 7.25. The van der Waals surface area contributed by atoms with Gasteiger partial charge in [-0.05, 0) is 36.8 Å². The Morgan fingerprint density at radius 1 is 1.34 bits per heavy atom. The topological polar surface area (TPSA) is 100 Å². The van der Waals surface area contributed by atoms with Crippen LogP contribution in [0.2, 0.25) is 0 Å². The molecule has 2 heterocycles. The van der Waals surface area contributed by atoms with Gasteiger partial charge in [0.2, 0.25) is 10.0 Å². The molecule has 0 unspecified atom stereocenters. The predicted molar refractivity (Wildman–Crippen MR) is 110 cm³/mol. The van der Waals surface area contributed by atoms with Crippen LogP contribution in [0, 0.1) is 0 Å². The Bertz CT molecular complexity index is 1160. The number of aromatic nitrogens is 1. The SMILES string of the molecule is CCC(=Cc1cccnc1-c1cc(C(F)(F)F)cc(S(=O)(=O)N(C)C[C@H]2CO2)c1)C(=O)O. The number of carboxylic acids is 1. The van der Waals surface area contributed by atoms with Crippen molar-refractivity contribution >= 4 is 22.1 Å². The first-order chi connectivity index (χ1) is 14.9. The van der Waals surface area contributed by atoms with E-state index in [-0.39, 0.29) is 41.5 Å². The number of halogens is 3. The first kappa shape index (κ1) is 23.9. The number of likely N-dealkylation sites (N-methyl/N-ethyl adjacent to an activating group) is 1. The molecule has 0 radical (unpaired) electrons. The van der Waals surface area contributed by atoms with Gasteiger partial charge in [-0.1, -0.05) is 13.0 Å². The molecule has 0 amide bonds. The van der Waals surface area contributed by atoms with Crippen LogP contribution in [0.1, 0.15) is 24.5 Å². The lowest BCUT2D eigenvalue weighted by Gasteiger charge is -2.19. The minimum Gasteiger partial charge on any atom is -0.478 e. The number of hydrogen-bond acceptors (Lipinski definition) is 5. The summed E-state index contributed by atoms with van der Waals surface area (Å²) in [5.74, 6) is -1.17. The van der Waals surface area contributed by atoms with E-state index in [4.69, 9.17) is 4.74 Å². The molecule has 172 valence electrons. The number of nitrogens with zero attached hydrogens (tertiary/aromatic N) is 2. The fraction of sp³-hybridized carbons (Fsp3) is 0.333. The molecule has 0 saturated carbocycles. The number of carbonyl (C=O) groups is 1. The van der Waals surface area contributed by atoms with Crippen molar-refractivity contribution in [3.63, 3.8) is 0 Å². The Kier molecular flexibility index (Phi) is 6.72. The Morgan fingerprint density at radius 3 is 2.59 bits per heavy atom. The summed E-state index contributed by atoms with van der Waals surface area (Å²) in [6.45, 7) is 2.04. The minimum atomic E-state index is -4.81. The number of rotatable bonds is 8. The van der Waals surface area contributed by atoms with Gasteiger partial charge in [0, 0.05) is 36.5 Å². The van der Waals surface area contributed by atoms with Gasteiger partial charge in [-0.2, -0.15) is 17.5 Å². The molecule has 1 aromatic heterocycles. The fourth-order valence-corrected chi connectivity index (χ4v) is 4.34. The van der Waals surface area contributed by atoms with Crippen LogP contribution in [-0.2, 0) is 25.7 Å². The predicted octanol–water partition coefficient (Wildman–Crippen LogP) is 3.66. The molecule has 0 spiro atoms. The number of carboxylic acid groups (broad SMARTS) is 1. The number of ether oxygens (including phenoxy) is 1. The third-order valence-corrected chi connectivity index (χ3v) is 6.70. The van der Waals surface area contributed by atoms with Crippen LogP contribution >= 0.6 is 0 Å². The van der Waals surface area contributed by atoms with Gasteiger partial charge in [-0.25, -0.2) is 13.2 Å². The number of pyridine rings is 1. The monoisotopic (exact) mass is 470 g/mol. The molecular formula is C21H21F3N2O5S. The zero-order chi connectivity index (χ0) is 23.7. The highest BCUT2D eigenvalue weighted by Crippen LogP contribution is 2.36. The molecule has 11 heteroatoms. The van der Waals surface area contributed by atoms with E-state index in [2.05, 4.69) is 4.98 Å². The van der Waals surface area contributed by atoms with Crippen molar-refractivity contribution in [2.45, 2.75) is 30.5 Å². The number of alkyl halides is 3. The van der Waals surface area contributed by atoms with Crippen molar-refractivity contribution in [3.8, 4) is 11.3 Å². The summed E-state index contributed by atoms with van der Waals surface area (Å²) < 4.78 is 72.7. The first-order valence-electron chi connectivity index (χ1n) is 9.63. The van der Waals surface area contributed by atoms with Gasteiger partial charge < -0.3 is 9.84 Å². The summed E-state index contributed by atoms with van der Waals surface area (Å²) in [6.07, 6.45) is -2.26. The fourth-order valence-electron chi connectivity index (χ4n) is 3.06. The van der Waals surface area contributed by atoms with Crippen molar-refractivity contribution in [1.29, 1.82) is 0 Å². The van der Waals surface area contributed by atoms with Gasteiger partial charge in [-0.15, -0.1) is 0 Å². The Labute approximate surface area is 183 Å². The summed E-state index contributed by atoms with van der Waals surface area (Å²) in [5.41, 5.74) is -0.922. The summed E-state index contributed by atoms with van der Waals surface area (Å²) in [7, 11) is -2.98. The molecule has 32 heavy (non-hydrogen) atoms. The number of sulfonamides is 1. The average molecular weight is 470 g/mol. The summed E-state index contributed by atoms with van der Waals surface area (Å²) >= 11 is 0. The molecule has 3 rings (SSSR count). The van der Waals surface area contributed by atoms with Gasteiger partial charge in [0.05, 0.1) is 28.9 Å². The largest absolute Gasteiger partial charge is 0.478 e. The highest BCUT2D eigenvalue weighted by atomic mass is 32.2. The van der Waals surface area contributed by atoms with E-state index >= 15 is 0 Å². The van der Waals surface area contributed by atoms with Crippen LogP contribution in [-0.4, -0.2) is 55.1 Å². The molecule has 1 fully saturated rings. The molecular weight excluding hydrogens is 449 g/mol. The third kappa shape index (κ3) is 5.34. The molecule has 0 aliphatic carbocycles. The lowest BCUT2D eigenvalue weighted by Crippen LogP contribution is -2.30. The lowest BCUT2D eigenvalue weighted by atomic mass is 10.0. The maximum absolute atomic E-state index is 13.6. The minimum absolute atomic E-state index is 0.0178. The van der Waals surface area contributed by atoms with E-state index in [0.29, 0.717) is 12.7 Å². The van der Waals surface area contributed by atoms with E-state index in [1.807, 2.05) is 0 Å². The lowest BCUT2D eigenvalue weighted by molar-refractivity contribution is -0.137. The van der Waals surface area contributed by atoms with E-state index in [1.165, 1.54) is 31.5 Å². The Hall–Kier alpha value is -2.76. The standard InChI is InChI=1S/C21H21F3N2O5S/c1-3-13(20(27)28)7-14-5-4-6-25-19(14)15-8-16(21(22,23)24)10-18(9-15)32(29,30)26(2)11-17-12-31-17/h4-10,17H,3,11-12H2,1-2H3,(H,27,28)/t17-/m0/s1. The second kappa shape index (κ2) is 9.00. The van der Waals surface area contributed by atoms with E-state index < -0.39 is 32.6 Å². The van der Waals surface area contributed by atoms with Crippen molar-refractivity contribution in [3.05, 3.63) is 53.2 Å². The quantitative estimate of drug-likeness (QED) is 0.467. The van der Waals surface area contributed by atoms with Gasteiger partial charge in [-0.3, -0.25) is 4.98 Å². The smallest absolute Gasteiger partial charge is 0.416 e. The van der Waals surface area contributed by atoms with Gasteiger partial charge in [0.1, 0.15) is 0 Å². The van der Waals surface area contributed by atoms with Crippen LogP contribution in [0.15, 0.2) is 47.0 Å². The van der Waals surface area contributed by atoms with Crippen molar-refractivity contribution < 1.29 is 36.2 Å². The molecule has 1 aromatic carbocycles. The molecule has 1 saturated heterocycles. The molecule has 0 bridgehead atoms. The average Bonchev–Trinajstić information content (AvgIpc) is 3.55. The Balaban J connectivity index is 2.18. The summed E-state index contributed by atoms with van der Waals surface area (Å²) in [4.78, 5) is 15.0. The van der Waals surface area contributed by atoms with Gasteiger partial charge in [0.15, 0.2) is 0 Å². The van der Waals surface area contributed by atoms with Crippen LogP contribution in [0.4, 0.5) is 13.2 Å². The van der Waals surface area contributed by atoms with E-state index in [9.17, 15) is 31.5 Å². The summed E-state index contributed by atoms with van der Waals surface area (Å²) in [5, 5.41) is 9.30. The highest BCUT2D eigenvalue weighted by molar-refractivity contribution is 7.89. The normalized spacial score (nSPS) is 16.9. The first-order valence-corrected chi connectivity index (χ1v) is 11.1.